The number of nitrogens with zero attached hydrogens (tertiary/aromatic N) is 5. The number of aryl methyl sites for hydroxylation is 2. The first-order valence-electron chi connectivity index (χ1n) is 9.08. The number of carbonyl (C=O) groups is 1. The van der Waals surface area contributed by atoms with Crippen molar-refractivity contribution < 1.29 is 4.79 Å². The van der Waals surface area contributed by atoms with Crippen LogP contribution in [-0.2, 0) is 11.2 Å². The van der Waals surface area contributed by atoms with E-state index in [4.69, 9.17) is 5.73 Å². The van der Waals surface area contributed by atoms with Crippen LogP contribution in [0.4, 0.5) is 0 Å². The van der Waals surface area contributed by atoms with Crippen LogP contribution in [0.3, 0.4) is 0 Å². The molecule has 0 saturated heterocycles. The highest BCUT2D eigenvalue weighted by Crippen LogP contribution is 2.38. The molecule has 1 fully saturated rings. The summed E-state index contributed by atoms with van der Waals surface area (Å²) in [6, 6.07) is 6.03. The Bertz CT molecular complexity index is 1030. The van der Waals surface area contributed by atoms with Gasteiger partial charge < -0.3 is 5.73 Å². The lowest BCUT2D eigenvalue weighted by molar-refractivity contribution is -0.117. The molecule has 2 aromatic heterocycles. The fourth-order valence-corrected chi connectivity index (χ4v) is 3.14. The predicted molar refractivity (Wildman–Crippen MR) is 101 cm³/mol. The van der Waals surface area contributed by atoms with Gasteiger partial charge in [-0.25, -0.2) is 19.6 Å². The lowest BCUT2D eigenvalue weighted by atomic mass is 10.1. The maximum atomic E-state index is 11.4. The number of carbonyl (C=O) groups excluding carboxylic acids is 1. The van der Waals surface area contributed by atoms with Gasteiger partial charge in [-0.15, -0.1) is 0 Å². The monoisotopic (exact) mass is 362 g/mol. The van der Waals surface area contributed by atoms with Crippen LogP contribution in [-0.4, -0.2) is 30.6 Å². The van der Waals surface area contributed by atoms with Crippen LogP contribution >= 0.6 is 0 Å². The summed E-state index contributed by atoms with van der Waals surface area (Å²) in [5, 5.41) is 4.56. The second kappa shape index (κ2) is 6.57. The Balaban J connectivity index is 1.87. The molecule has 0 bridgehead atoms. The van der Waals surface area contributed by atoms with Crippen LogP contribution in [0.5, 0.6) is 0 Å². The zero-order chi connectivity index (χ0) is 19.1. The van der Waals surface area contributed by atoms with E-state index in [0.717, 1.165) is 46.7 Å². The SMILES string of the molecule is Cc1cccc(-n2nc(CC(N)=O)nc2-c2cnc(C3CC3)nc2C)c1C. The highest BCUT2D eigenvalue weighted by molar-refractivity contribution is 5.76. The minimum atomic E-state index is -0.461. The standard InChI is InChI=1S/C20H22N6O/c1-11-5-4-6-16(12(11)2)26-20(24-18(25-26)9-17(21)27)15-10-22-19(14-7-8-14)23-13(15)3/h4-6,10,14H,7-9H2,1-3H3,(H2,21,27). The third-order valence-corrected chi connectivity index (χ3v) is 4.97. The van der Waals surface area contributed by atoms with Gasteiger partial charge >= 0.3 is 0 Å². The Morgan fingerprint density at radius 2 is 2.00 bits per heavy atom. The van der Waals surface area contributed by atoms with Gasteiger partial charge in [-0.2, -0.15) is 5.10 Å². The third-order valence-electron chi connectivity index (χ3n) is 4.97. The van der Waals surface area contributed by atoms with Crippen molar-refractivity contribution in [3.05, 3.63) is 52.9 Å². The van der Waals surface area contributed by atoms with Crippen molar-refractivity contribution in [3.63, 3.8) is 0 Å². The second-order valence-corrected chi connectivity index (χ2v) is 7.13. The smallest absolute Gasteiger partial charge is 0.225 e. The predicted octanol–water partition coefficient (Wildman–Crippen LogP) is 2.55. The number of hydrogen-bond donors (Lipinski definition) is 1. The Kier molecular flexibility index (Phi) is 4.22. The lowest BCUT2D eigenvalue weighted by Gasteiger charge is -2.12. The molecule has 7 nitrogen and oxygen atoms in total. The van der Waals surface area contributed by atoms with Gasteiger partial charge in [0, 0.05) is 12.1 Å². The van der Waals surface area contributed by atoms with Gasteiger partial charge in [-0.1, -0.05) is 12.1 Å². The number of hydrogen-bond acceptors (Lipinski definition) is 5. The topological polar surface area (TPSA) is 99.6 Å². The van der Waals surface area contributed by atoms with E-state index in [0.29, 0.717) is 17.6 Å². The summed E-state index contributed by atoms with van der Waals surface area (Å²) in [6.45, 7) is 6.06. The summed E-state index contributed by atoms with van der Waals surface area (Å²) in [7, 11) is 0. The minimum Gasteiger partial charge on any atom is -0.369 e. The van der Waals surface area contributed by atoms with Gasteiger partial charge in [-0.3, -0.25) is 4.79 Å². The molecule has 2 N–H and O–H groups in total. The Morgan fingerprint density at radius 1 is 1.22 bits per heavy atom. The molecule has 1 saturated carbocycles. The maximum Gasteiger partial charge on any atom is 0.225 e. The van der Waals surface area contributed by atoms with Crippen LogP contribution in [0.15, 0.2) is 24.4 Å². The molecule has 0 radical (unpaired) electrons. The molecule has 2 heterocycles. The molecule has 3 aromatic rings. The van der Waals surface area contributed by atoms with Crippen molar-refractivity contribution in [1.82, 2.24) is 24.7 Å². The quantitative estimate of drug-likeness (QED) is 0.752. The van der Waals surface area contributed by atoms with E-state index in [1.54, 1.807) is 4.68 Å². The van der Waals surface area contributed by atoms with Gasteiger partial charge in [0.25, 0.3) is 0 Å². The van der Waals surface area contributed by atoms with Crippen molar-refractivity contribution in [1.29, 1.82) is 0 Å². The van der Waals surface area contributed by atoms with Crippen molar-refractivity contribution in [3.8, 4) is 17.1 Å². The van der Waals surface area contributed by atoms with E-state index in [2.05, 4.69) is 33.0 Å². The molecule has 1 aliphatic carbocycles. The molecule has 0 spiro atoms. The van der Waals surface area contributed by atoms with Crippen molar-refractivity contribution in [2.45, 2.75) is 46.0 Å². The summed E-state index contributed by atoms with van der Waals surface area (Å²) in [4.78, 5) is 25.2. The molecule has 1 aliphatic rings. The van der Waals surface area contributed by atoms with E-state index < -0.39 is 5.91 Å². The van der Waals surface area contributed by atoms with Gasteiger partial charge in [0.2, 0.25) is 5.91 Å². The molecular formula is C20H22N6O. The average Bonchev–Trinajstić information content (AvgIpc) is 3.39. The molecule has 0 aliphatic heterocycles. The maximum absolute atomic E-state index is 11.4. The fraction of sp³-hybridized carbons (Fsp3) is 0.350. The van der Waals surface area contributed by atoms with E-state index >= 15 is 0 Å². The highest BCUT2D eigenvalue weighted by atomic mass is 16.1. The van der Waals surface area contributed by atoms with Gasteiger partial charge in [0.05, 0.1) is 23.4 Å². The summed E-state index contributed by atoms with van der Waals surface area (Å²) in [5.74, 6) is 1.94. The summed E-state index contributed by atoms with van der Waals surface area (Å²) in [5.41, 5.74) is 10.2. The van der Waals surface area contributed by atoms with Crippen LogP contribution in [0.25, 0.3) is 17.1 Å². The number of nitrogens with two attached hydrogens (primary N) is 1. The van der Waals surface area contributed by atoms with E-state index in [1.165, 1.54) is 0 Å². The zero-order valence-electron chi connectivity index (χ0n) is 15.7. The molecule has 27 heavy (non-hydrogen) atoms. The van der Waals surface area contributed by atoms with Gasteiger partial charge in [-0.05, 0) is 50.8 Å². The molecule has 0 atom stereocenters. The Hall–Kier alpha value is -3.09. The third kappa shape index (κ3) is 3.32. The molecule has 138 valence electrons. The van der Waals surface area contributed by atoms with Crippen molar-refractivity contribution in [2.75, 3.05) is 0 Å². The number of aromatic nitrogens is 5. The van der Waals surface area contributed by atoms with E-state index in [9.17, 15) is 4.79 Å². The average molecular weight is 362 g/mol. The Morgan fingerprint density at radius 3 is 2.67 bits per heavy atom. The van der Waals surface area contributed by atoms with Crippen molar-refractivity contribution >= 4 is 5.91 Å². The number of benzene rings is 1. The second-order valence-electron chi connectivity index (χ2n) is 7.13. The first-order chi connectivity index (χ1) is 12.9. The summed E-state index contributed by atoms with van der Waals surface area (Å²) < 4.78 is 1.77. The first-order valence-corrected chi connectivity index (χ1v) is 9.08. The van der Waals surface area contributed by atoms with Gasteiger partial charge in [0.1, 0.15) is 5.82 Å². The van der Waals surface area contributed by atoms with Gasteiger partial charge in [0.15, 0.2) is 11.6 Å². The molecule has 7 heteroatoms. The molecule has 1 aromatic carbocycles. The van der Waals surface area contributed by atoms with Crippen LogP contribution in [0.2, 0.25) is 0 Å². The number of primary amides is 1. The van der Waals surface area contributed by atoms with E-state index in [1.807, 2.05) is 32.2 Å². The molecule has 4 rings (SSSR count). The fourth-order valence-electron chi connectivity index (χ4n) is 3.14. The van der Waals surface area contributed by atoms with Crippen LogP contribution < -0.4 is 5.73 Å². The first kappa shape index (κ1) is 17.3. The zero-order valence-corrected chi connectivity index (χ0v) is 15.7. The normalized spacial score (nSPS) is 13.7. The van der Waals surface area contributed by atoms with E-state index in [-0.39, 0.29) is 6.42 Å². The summed E-state index contributed by atoms with van der Waals surface area (Å²) >= 11 is 0. The largest absolute Gasteiger partial charge is 0.369 e. The summed E-state index contributed by atoms with van der Waals surface area (Å²) in [6.07, 6.45) is 4.11. The highest BCUT2D eigenvalue weighted by Gasteiger charge is 2.27. The number of amides is 1. The van der Waals surface area contributed by atoms with Crippen LogP contribution in [0, 0.1) is 20.8 Å². The minimum absolute atomic E-state index is 0.00900. The molecule has 0 unspecified atom stereocenters. The molecular weight excluding hydrogens is 340 g/mol. The number of rotatable bonds is 5. The molecule has 1 amide bonds. The van der Waals surface area contributed by atoms with Crippen LogP contribution in [0.1, 0.15) is 47.2 Å². The lowest BCUT2D eigenvalue weighted by Crippen LogP contribution is -2.14. The van der Waals surface area contributed by atoms with Crippen molar-refractivity contribution in [2.24, 2.45) is 5.73 Å². The Labute approximate surface area is 157 Å².